The second-order valence-electron chi connectivity index (χ2n) is 6.66. The van der Waals surface area contributed by atoms with Gasteiger partial charge in [0.05, 0.1) is 0 Å². The molecule has 2 rings (SSSR count). The van der Waals surface area contributed by atoms with E-state index in [0.29, 0.717) is 6.04 Å². The van der Waals surface area contributed by atoms with Crippen LogP contribution in [-0.4, -0.2) is 6.04 Å². The molecular formula is C17H27N. The minimum atomic E-state index is 0.251. The molecule has 0 aliphatic heterocycles. The Morgan fingerprint density at radius 2 is 1.44 bits per heavy atom. The Hall–Kier alpha value is -0.980. The zero-order valence-electron chi connectivity index (χ0n) is 12.1. The van der Waals surface area contributed by atoms with Crippen LogP contribution in [0.3, 0.4) is 0 Å². The van der Waals surface area contributed by atoms with E-state index >= 15 is 0 Å². The standard InChI is InChI=1S/C17H27N/c1-17(2,3)14-10-12-16(13-11-14)18-15-8-6-4-5-7-9-15/h10-13,15,18H,4-9H2,1-3H3. The van der Waals surface area contributed by atoms with Gasteiger partial charge >= 0.3 is 0 Å². The first-order valence-corrected chi connectivity index (χ1v) is 7.43. The Morgan fingerprint density at radius 1 is 0.889 bits per heavy atom. The van der Waals surface area contributed by atoms with Gasteiger partial charge in [-0.05, 0) is 36.0 Å². The van der Waals surface area contributed by atoms with Crippen LogP contribution >= 0.6 is 0 Å². The van der Waals surface area contributed by atoms with Crippen LogP contribution in [-0.2, 0) is 5.41 Å². The molecule has 1 aliphatic rings. The van der Waals surface area contributed by atoms with Gasteiger partial charge in [-0.1, -0.05) is 58.6 Å². The fourth-order valence-electron chi connectivity index (χ4n) is 2.73. The predicted molar refractivity (Wildman–Crippen MR) is 80.3 cm³/mol. The number of hydrogen-bond acceptors (Lipinski definition) is 1. The third-order valence-corrected chi connectivity index (χ3v) is 3.98. The summed E-state index contributed by atoms with van der Waals surface area (Å²) in [5, 5.41) is 3.70. The SMILES string of the molecule is CC(C)(C)c1ccc(NC2CCCCCC2)cc1. The quantitative estimate of drug-likeness (QED) is 0.713. The maximum atomic E-state index is 3.70. The minimum absolute atomic E-state index is 0.251. The van der Waals surface area contributed by atoms with Gasteiger partial charge in [-0.25, -0.2) is 0 Å². The Balaban J connectivity index is 1.97. The lowest BCUT2D eigenvalue weighted by Crippen LogP contribution is -2.18. The molecule has 0 spiro atoms. The molecule has 1 aromatic carbocycles. The van der Waals surface area contributed by atoms with Gasteiger partial charge in [0.15, 0.2) is 0 Å². The van der Waals surface area contributed by atoms with Crippen LogP contribution in [0.25, 0.3) is 0 Å². The maximum Gasteiger partial charge on any atom is 0.0342 e. The summed E-state index contributed by atoms with van der Waals surface area (Å²) in [6.45, 7) is 6.79. The molecule has 0 saturated heterocycles. The third kappa shape index (κ3) is 3.76. The van der Waals surface area contributed by atoms with Crippen molar-refractivity contribution >= 4 is 5.69 Å². The highest BCUT2D eigenvalue weighted by Gasteiger charge is 2.14. The average molecular weight is 245 g/mol. The highest BCUT2D eigenvalue weighted by molar-refractivity contribution is 5.46. The molecule has 1 fully saturated rings. The first kappa shape index (κ1) is 13.5. The molecule has 1 aromatic rings. The molecule has 0 atom stereocenters. The Bertz CT molecular complexity index is 350. The van der Waals surface area contributed by atoms with E-state index in [1.165, 1.54) is 49.8 Å². The highest BCUT2D eigenvalue weighted by atomic mass is 14.9. The monoisotopic (exact) mass is 245 g/mol. The largest absolute Gasteiger partial charge is 0.382 e. The van der Waals surface area contributed by atoms with Crippen LogP contribution in [0.4, 0.5) is 5.69 Å². The fourth-order valence-corrected chi connectivity index (χ4v) is 2.73. The number of hydrogen-bond donors (Lipinski definition) is 1. The second kappa shape index (κ2) is 5.77. The van der Waals surface area contributed by atoms with Gasteiger partial charge in [-0.15, -0.1) is 0 Å². The summed E-state index contributed by atoms with van der Waals surface area (Å²) < 4.78 is 0. The molecule has 18 heavy (non-hydrogen) atoms. The fraction of sp³-hybridized carbons (Fsp3) is 0.647. The molecule has 0 heterocycles. The Labute approximate surface area is 112 Å². The van der Waals surface area contributed by atoms with E-state index in [-0.39, 0.29) is 5.41 Å². The van der Waals surface area contributed by atoms with Crippen molar-refractivity contribution < 1.29 is 0 Å². The van der Waals surface area contributed by atoms with Gasteiger partial charge in [0.2, 0.25) is 0 Å². The van der Waals surface area contributed by atoms with E-state index in [4.69, 9.17) is 0 Å². The molecule has 0 bridgehead atoms. The van der Waals surface area contributed by atoms with Gasteiger partial charge < -0.3 is 5.32 Å². The van der Waals surface area contributed by atoms with Crippen molar-refractivity contribution in [2.75, 3.05) is 5.32 Å². The normalized spacial score (nSPS) is 18.4. The molecule has 0 aromatic heterocycles. The minimum Gasteiger partial charge on any atom is -0.382 e. The zero-order valence-corrected chi connectivity index (χ0v) is 12.1. The predicted octanol–water partition coefficient (Wildman–Crippen LogP) is 5.12. The van der Waals surface area contributed by atoms with Crippen LogP contribution in [0.5, 0.6) is 0 Å². The molecule has 0 radical (unpaired) electrons. The van der Waals surface area contributed by atoms with Crippen molar-refractivity contribution in [3.63, 3.8) is 0 Å². The van der Waals surface area contributed by atoms with Crippen LogP contribution in [0, 0.1) is 0 Å². The maximum absolute atomic E-state index is 3.70. The van der Waals surface area contributed by atoms with Gasteiger partial charge in [0, 0.05) is 11.7 Å². The lowest BCUT2D eigenvalue weighted by atomic mass is 9.87. The van der Waals surface area contributed by atoms with Crippen molar-refractivity contribution in [2.24, 2.45) is 0 Å². The van der Waals surface area contributed by atoms with Crippen molar-refractivity contribution in [1.29, 1.82) is 0 Å². The Kier molecular flexibility index (Phi) is 4.31. The van der Waals surface area contributed by atoms with E-state index in [9.17, 15) is 0 Å². The number of nitrogens with one attached hydrogen (secondary N) is 1. The van der Waals surface area contributed by atoms with Gasteiger partial charge in [0.1, 0.15) is 0 Å². The molecule has 0 amide bonds. The lowest BCUT2D eigenvalue weighted by Gasteiger charge is -2.21. The summed E-state index contributed by atoms with van der Waals surface area (Å²) in [6, 6.07) is 9.70. The van der Waals surface area contributed by atoms with Crippen LogP contribution in [0.2, 0.25) is 0 Å². The second-order valence-corrected chi connectivity index (χ2v) is 6.66. The smallest absolute Gasteiger partial charge is 0.0342 e. The first-order chi connectivity index (χ1) is 8.55. The van der Waals surface area contributed by atoms with Crippen molar-refractivity contribution in [1.82, 2.24) is 0 Å². The first-order valence-electron chi connectivity index (χ1n) is 7.43. The molecule has 1 aliphatic carbocycles. The number of benzene rings is 1. The van der Waals surface area contributed by atoms with E-state index in [0.717, 1.165) is 0 Å². The highest BCUT2D eigenvalue weighted by Crippen LogP contribution is 2.25. The van der Waals surface area contributed by atoms with Gasteiger partial charge in [-0.3, -0.25) is 0 Å². The molecule has 1 heteroatoms. The topological polar surface area (TPSA) is 12.0 Å². The number of anilines is 1. The summed E-state index contributed by atoms with van der Waals surface area (Å²) in [6.07, 6.45) is 8.28. The van der Waals surface area contributed by atoms with E-state index < -0.39 is 0 Å². The van der Waals surface area contributed by atoms with Crippen LogP contribution in [0.15, 0.2) is 24.3 Å². The molecule has 1 N–H and O–H groups in total. The van der Waals surface area contributed by atoms with Crippen molar-refractivity contribution in [2.45, 2.75) is 70.8 Å². The Morgan fingerprint density at radius 3 is 1.94 bits per heavy atom. The molecule has 100 valence electrons. The molecule has 1 saturated carbocycles. The number of rotatable bonds is 2. The van der Waals surface area contributed by atoms with Crippen molar-refractivity contribution in [3.05, 3.63) is 29.8 Å². The molecular weight excluding hydrogens is 218 g/mol. The summed E-state index contributed by atoms with van der Waals surface area (Å²) >= 11 is 0. The summed E-state index contributed by atoms with van der Waals surface area (Å²) in [5.41, 5.74) is 2.95. The van der Waals surface area contributed by atoms with Crippen LogP contribution in [0.1, 0.15) is 64.9 Å². The summed E-state index contributed by atoms with van der Waals surface area (Å²) in [4.78, 5) is 0. The average Bonchev–Trinajstić information content (AvgIpc) is 2.57. The van der Waals surface area contributed by atoms with Crippen molar-refractivity contribution in [3.8, 4) is 0 Å². The lowest BCUT2D eigenvalue weighted by molar-refractivity contribution is 0.590. The zero-order chi connectivity index (χ0) is 13.0. The van der Waals surface area contributed by atoms with E-state index in [1.54, 1.807) is 0 Å². The summed E-state index contributed by atoms with van der Waals surface area (Å²) in [7, 11) is 0. The molecule has 1 nitrogen and oxygen atoms in total. The van der Waals surface area contributed by atoms with Gasteiger partial charge in [0.25, 0.3) is 0 Å². The van der Waals surface area contributed by atoms with Gasteiger partial charge in [-0.2, -0.15) is 0 Å². The van der Waals surface area contributed by atoms with E-state index in [1.807, 2.05) is 0 Å². The van der Waals surface area contributed by atoms with Crippen LogP contribution < -0.4 is 5.32 Å². The summed E-state index contributed by atoms with van der Waals surface area (Å²) in [5.74, 6) is 0. The van der Waals surface area contributed by atoms with E-state index in [2.05, 4.69) is 50.4 Å². The molecule has 0 unspecified atom stereocenters. The third-order valence-electron chi connectivity index (χ3n) is 3.98.